The van der Waals surface area contributed by atoms with E-state index < -0.39 is 0 Å². The predicted octanol–water partition coefficient (Wildman–Crippen LogP) is 3.92. The van der Waals surface area contributed by atoms with E-state index in [9.17, 15) is 5.11 Å². The average molecular weight is 442 g/mol. The third-order valence-electron chi connectivity index (χ3n) is 5.67. The second-order valence-electron chi connectivity index (χ2n) is 8.04. The van der Waals surface area contributed by atoms with E-state index in [0.717, 1.165) is 41.2 Å². The fourth-order valence-electron chi connectivity index (χ4n) is 3.83. The van der Waals surface area contributed by atoms with Crippen LogP contribution in [-0.4, -0.2) is 40.3 Å². The van der Waals surface area contributed by atoms with Crippen LogP contribution in [-0.2, 0) is 13.1 Å². The van der Waals surface area contributed by atoms with Gasteiger partial charge >= 0.3 is 0 Å². The van der Waals surface area contributed by atoms with Crippen molar-refractivity contribution in [3.63, 3.8) is 0 Å². The van der Waals surface area contributed by atoms with E-state index in [1.165, 1.54) is 5.56 Å². The fraction of sp³-hybridized carbons (Fsp3) is 0.259. The Morgan fingerprint density at radius 1 is 0.939 bits per heavy atom. The van der Waals surface area contributed by atoms with Crippen molar-refractivity contribution in [1.82, 2.24) is 20.2 Å². The Morgan fingerprint density at radius 2 is 1.67 bits per heavy atom. The second-order valence-corrected chi connectivity index (χ2v) is 8.04. The van der Waals surface area contributed by atoms with E-state index in [1.54, 1.807) is 0 Å². The molecule has 0 saturated heterocycles. The molecule has 1 heterocycles. The van der Waals surface area contributed by atoms with Crippen molar-refractivity contribution in [3.8, 4) is 0 Å². The third kappa shape index (κ3) is 5.99. The van der Waals surface area contributed by atoms with Gasteiger partial charge in [-0.05, 0) is 35.7 Å². The molecule has 0 spiro atoms. The molecule has 4 rings (SSSR count). The number of benzene rings is 3. The number of aromatic nitrogens is 2. The molecule has 1 atom stereocenters. The quantitative estimate of drug-likeness (QED) is 0.272. The Morgan fingerprint density at radius 3 is 2.42 bits per heavy atom. The molecule has 170 valence electrons. The molecule has 6 nitrogen and oxygen atoms in total. The van der Waals surface area contributed by atoms with Crippen LogP contribution < -0.4 is 10.6 Å². The Kier molecular flexibility index (Phi) is 7.72. The van der Waals surface area contributed by atoms with Gasteiger partial charge < -0.3 is 20.3 Å². The fourth-order valence-corrected chi connectivity index (χ4v) is 3.83. The number of aliphatic hydroxyl groups is 1. The van der Waals surface area contributed by atoms with Crippen LogP contribution >= 0.6 is 0 Å². The van der Waals surface area contributed by atoms with Crippen LogP contribution in [0.1, 0.15) is 29.5 Å². The molecule has 1 aromatic heterocycles. The highest BCUT2D eigenvalue weighted by Gasteiger charge is 2.11. The highest BCUT2D eigenvalue weighted by atomic mass is 16.3. The topological polar surface area (TPSA) is 74.5 Å². The summed E-state index contributed by atoms with van der Waals surface area (Å²) in [6.07, 6.45) is 1.90. The number of hydrogen-bond acceptors (Lipinski definition) is 3. The lowest BCUT2D eigenvalue weighted by Crippen LogP contribution is -2.39. The van der Waals surface area contributed by atoms with Crippen molar-refractivity contribution in [2.24, 2.45) is 4.99 Å². The van der Waals surface area contributed by atoms with Gasteiger partial charge in [0, 0.05) is 25.6 Å². The summed E-state index contributed by atoms with van der Waals surface area (Å²) in [6, 6.07) is 26.8. The highest BCUT2D eigenvalue weighted by molar-refractivity contribution is 5.79. The smallest absolute Gasteiger partial charge is 0.191 e. The van der Waals surface area contributed by atoms with Crippen LogP contribution in [0.2, 0.25) is 0 Å². The van der Waals surface area contributed by atoms with E-state index in [4.69, 9.17) is 4.99 Å². The van der Waals surface area contributed by atoms with Crippen molar-refractivity contribution in [1.29, 1.82) is 0 Å². The van der Waals surface area contributed by atoms with Crippen LogP contribution in [0.25, 0.3) is 11.0 Å². The first-order chi connectivity index (χ1) is 16.3. The molecule has 0 aliphatic rings. The maximum atomic E-state index is 9.80. The number of rotatable bonds is 9. The molecule has 4 aromatic rings. The Labute approximate surface area is 195 Å². The van der Waals surface area contributed by atoms with E-state index in [1.807, 2.05) is 61.8 Å². The van der Waals surface area contributed by atoms with Gasteiger partial charge in [-0.2, -0.15) is 0 Å². The molecule has 3 aromatic carbocycles. The minimum absolute atomic E-state index is 0.0218. The Hall–Kier alpha value is -3.64. The van der Waals surface area contributed by atoms with Crippen molar-refractivity contribution < 1.29 is 5.11 Å². The molecule has 0 aliphatic carbocycles. The van der Waals surface area contributed by atoms with Crippen LogP contribution in [0.4, 0.5) is 0 Å². The average Bonchev–Trinajstić information content (AvgIpc) is 3.27. The first kappa shape index (κ1) is 22.6. The molecule has 0 radical (unpaired) electrons. The van der Waals surface area contributed by atoms with Crippen LogP contribution in [0.5, 0.6) is 0 Å². The SMILES string of the molecule is CCNC(=NCc1ccc(Cn2cnc3ccccc32)cc1)NCC(CO)c1ccccc1. The van der Waals surface area contributed by atoms with Gasteiger partial charge in [-0.25, -0.2) is 9.98 Å². The van der Waals surface area contributed by atoms with E-state index in [2.05, 4.69) is 50.5 Å². The van der Waals surface area contributed by atoms with Gasteiger partial charge in [0.2, 0.25) is 0 Å². The lowest BCUT2D eigenvalue weighted by molar-refractivity contribution is 0.265. The predicted molar refractivity (Wildman–Crippen MR) is 134 cm³/mol. The summed E-state index contributed by atoms with van der Waals surface area (Å²) in [7, 11) is 0. The number of para-hydroxylation sites is 2. The largest absolute Gasteiger partial charge is 0.396 e. The minimum atomic E-state index is 0.0218. The second kappa shape index (κ2) is 11.3. The molecule has 0 aliphatic heterocycles. The summed E-state index contributed by atoms with van der Waals surface area (Å²) >= 11 is 0. The normalized spacial score (nSPS) is 12.6. The Bertz CT molecular complexity index is 1170. The lowest BCUT2D eigenvalue weighted by atomic mass is 10.0. The zero-order valence-corrected chi connectivity index (χ0v) is 19.0. The van der Waals surface area contributed by atoms with E-state index in [0.29, 0.717) is 13.1 Å². The maximum Gasteiger partial charge on any atom is 0.191 e. The van der Waals surface area contributed by atoms with Crippen molar-refractivity contribution >= 4 is 17.0 Å². The molecule has 33 heavy (non-hydrogen) atoms. The zero-order valence-electron chi connectivity index (χ0n) is 19.0. The number of imidazole rings is 1. The zero-order chi connectivity index (χ0) is 22.9. The molecular formula is C27H31N5O. The number of aliphatic hydroxyl groups excluding tert-OH is 1. The van der Waals surface area contributed by atoms with Crippen LogP contribution in [0.3, 0.4) is 0 Å². The molecule has 0 saturated carbocycles. The van der Waals surface area contributed by atoms with Gasteiger partial charge in [0.15, 0.2) is 5.96 Å². The molecular weight excluding hydrogens is 410 g/mol. The molecule has 3 N–H and O–H groups in total. The van der Waals surface area contributed by atoms with Crippen molar-refractivity contribution in [2.45, 2.75) is 25.9 Å². The van der Waals surface area contributed by atoms with Gasteiger partial charge in [-0.15, -0.1) is 0 Å². The standard InChI is InChI=1S/C27H31N5O/c1-2-28-27(30-17-24(19-33)23-8-4-3-5-9-23)29-16-21-12-14-22(15-13-21)18-32-20-31-25-10-6-7-11-26(25)32/h3-15,20,24,33H,2,16-19H2,1H3,(H2,28,29,30). The molecule has 1 unspecified atom stereocenters. The monoisotopic (exact) mass is 441 g/mol. The summed E-state index contributed by atoms with van der Waals surface area (Å²) in [5, 5.41) is 16.5. The van der Waals surface area contributed by atoms with E-state index in [-0.39, 0.29) is 12.5 Å². The first-order valence-corrected chi connectivity index (χ1v) is 11.4. The lowest BCUT2D eigenvalue weighted by Gasteiger charge is -2.18. The van der Waals surface area contributed by atoms with Crippen molar-refractivity contribution in [2.75, 3.05) is 19.7 Å². The van der Waals surface area contributed by atoms with Gasteiger partial charge in [0.25, 0.3) is 0 Å². The van der Waals surface area contributed by atoms with Crippen LogP contribution in [0, 0.1) is 0 Å². The van der Waals surface area contributed by atoms with Gasteiger partial charge in [0.05, 0.1) is 30.5 Å². The number of nitrogens with one attached hydrogen (secondary N) is 2. The molecule has 0 bridgehead atoms. The number of fused-ring (bicyclic) bond motifs is 1. The minimum Gasteiger partial charge on any atom is -0.396 e. The molecule has 6 heteroatoms. The summed E-state index contributed by atoms with van der Waals surface area (Å²) in [5.41, 5.74) is 5.65. The Balaban J connectivity index is 1.36. The summed E-state index contributed by atoms with van der Waals surface area (Å²) < 4.78 is 2.17. The van der Waals surface area contributed by atoms with Gasteiger partial charge in [-0.1, -0.05) is 66.7 Å². The summed E-state index contributed by atoms with van der Waals surface area (Å²) in [6.45, 7) is 4.90. The third-order valence-corrected chi connectivity index (χ3v) is 5.67. The number of guanidine groups is 1. The number of nitrogens with zero attached hydrogens (tertiary/aromatic N) is 3. The first-order valence-electron chi connectivity index (χ1n) is 11.4. The highest BCUT2D eigenvalue weighted by Crippen LogP contribution is 2.15. The maximum absolute atomic E-state index is 9.80. The molecule has 0 amide bonds. The van der Waals surface area contributed by atoms with Gasteiger partial charge in [0.1, 0.15) is 0 Å². The van der Waals surface area contributed by atoms with Crippen LogP contribution in [0.15, 0.2) is 90.2 Å². The van der Waals surface area contributed by atoms with Gasteiger partial charge in [-0.3, -0.25) is 0 Å². The number of hydrogen-bond donors (Lipinski definition) is 3. The molecule has 0 fully saturated rings. The van der Waals surface area contributed by atoms with Crippen molar-refractivity contribution in [3.05, 3.63) is 102 Å². The van der Waals surface area contributed by atoms with E-state index >= 15 is 0 Å². The number of aliphatic imine (C=N–C) groups is 1. The summed E-state index contributed by atoms with van der Waals surface area (Å²) in [5.74, 6) is 0.773. The summed E-state index contributed by atoms with van der Waals surface area (Å²) in [4.78, 5) is 9.20.